The van der Waals surface area contributed by atoms with Crippen LogP contribution in [0.4, 0.5) is 0 Å². The van der Waals surface area contributed by atoms with Crippen LogP contribution < -0.4 is 0 Å². The molecule has 0 saturated carbocycles. The van der Waals surface area contributed by atoms with Gasteiger partial charge < -0.3 is 4.90 Å². The van der Waals surface area contributed by atoms with Crippen LogP contribution in [0.1, 0.15) is 50.9 Å². The zero-order chi connectivity index (χ0) is 14.4. The number of halogens is 1. The summed E-state index contributed by atoms with van der Waals surface area (Å²) in [6.45, 7) is 9.36. The molecule has 0 aliphatic heterocycles. The SMILES string of the molecule is CCC(CC)N(CC(C)C)C(=O)c1ccnc(Br)c1. The first-order valence-electron chi connectivity index (χ1n) is 6.92. The Morgan fingerprint density at radius 1 is 1.37 bits per heavy atom. The maximum Gasteiger partial charge on any atom is 0.254 e. The lowest BCUT2D eigenvalue weighted by Gasteiger charge is -2.32. The maximum absolute atomic E-state index is 12.7. The van der Waals surface area contributed by atoms with Gasteiger partial charge in [-0.2, -0.15) is 0 Å². The molecule has 1 rings (SSSR count). The monoisotopic (exact) mass is 326 g/mol. The van der Waals surface area contributed by atoms with Crippen molar-refractivity contribution in [1.29, 1.82) is 0 Å². The molecule has 0 aliphatic rings. The molecule has 0 aromatic carbocycles. The predicted octanol–water partition coefficient (Wildman–Crippen LogP) is 4.13. The van der Waals surface area contributed by atoms with Crippen molar-refractivity contribution in [2.75, 3.05) is 6.54 Å². The summed E-state index contributed by atoms with van der Waals surface area (Å²) in [6.07, 6.45) is 3.64. The highest BCUT2D eigenvalue weighted by atomic mass is 79.9. The van der Waals surface area contributed by atoms with Crippen molar-refractivity contribution in [3.05, 3.63) is 28.5 Å². The zero-order valence-corrected chi connectivity index (χ0v) is 13.8. The molecule has 1 aromatic heterocycles. The Balaban J connectivity index is 2.99. The fraction of sp³-hybridized carbons (Fsp3) is 0.600. The molecule has 106 valence electrons. The molecule has 4 heteroatoms. The topological polar surface area (TPSA) is 33.2 Å². The number of nitrogens with zero attached hydrogens (tertiary/aromatic N) is 2. The predicted molar refractivity (Wildman–Crippen MR) is 82.2 cm³/mol. The number of carbonyl (C=O) groups excluding carboxylic acids is 1. The summed E-state index contributed by atoms with van der Waals surface area (Å²) in [5.41, 5.74) is 0.703. The number of amides is 1. The Hall–Kier alpha value is -0.900. The van der Waals surface area contributed by atoms with Crippen molar-refractivity contribution in [2.24, 2.45) is 5.92 Å². The molecule has 0 fully saturated rings. The molecule has 0 N–H and O–H groups in total. The lowest BCUT2D eigenvalue weighted by Crippen LogP contribution is -2.42. The van der Waals surface area contributed by atoms with E-state index in [1.54, 1.807) is 18.3 Å². The van der Waals surface area contributed by atoms with Crippen molar-refractivity contribution < 1.29 is 4.79 Å². The van der Waals surface area contributed by atoms with Crippen LogP contribution in [0.3, 0.4) is 0 Å². The zero-order valence-electron chi connectivity index (χ0n) is 12.2. The largest absolute Gasteiger partial charge is 0.335 e. The molecule has 0 bridgehead atoms. The fourth-order valence-electron chi connectivity index (χ4n) is 2.22. The minimum atomic E-state index is 0.102. The van der Waals surface area contributed by atoms with Crippen LogP contribution in [0.25, 0.3) is 0 Å². The van der Waals surface area contributed by atoms with E-state index in [4.69, 9.17) is 0 Å². The van der Waals surface area contributed by atoms with Gasteiger partial charge >= 0.3 is 0 Å². The Bertz CT molecular complexity index is 416. The third kappa shape index (κ3) is 4.60. The van der Waals surface area contributed by atoms with Gasteiger partial charge in [-0.25, -0.2) is 4.98 Å². The number of aromatic nitrogens is 1. The highest BCUT2D eigenvalue weighted by Gasteiger charge is 2.23. The lowest BCUT2D eigenvalue weighted by atomic mass is 10.1. The van der Waals surface area contributed by atoms with Gasteiger partial charge in [-0.15, -0.1) is 0 Å². The lowest BCUT2D eigenvalue weighted by molar-refractivity contribution is 0.0640. The smallest absolute Gasteiger partial charge is 0.254 e. The van der Waals surface area contributed by atoms with E-state index in [0.717, 1.165) is 19.4 Å². The first-order valence-corrected chi connectivity index (χ1v) is 7.71. The number of hydrogen-bond acceptors (Lipinski definition) is 2. The summed E-state index contributed by atoms with van der Waals surface area (Å²) in [5.74, 6) is 0.570. The van der Waals surface area contributed by atoms with Crippen molar-refractivity contribution in [2.45, 2.75) is 46.6 Å². The average molecular weight is 327 g/mol. The van der Waals surface area contributed by atoms with E-state index in [-0.39, 0.29) is 5.91 Å². The van der Waals surface area contributed by atoms with Crippen LogP contribution in [-0.4, -0.2) is 28.4 Å². The molecular formula is C15H23BrN2O. The minimum absolute atomic E-state index is 0.102. The summed E-state index contributed by atoms with van der Waals surface area (Å²) in [5, 5.41) is 0. The van der Waals surface area contributed by atoms with Gasteiger partial charge in [-0.1, -0.05) is 27.7 Å². The third-order valence-electron chi connectivity index (χ3n) is 3.18. The Morgan fingerprint density at radius 3 is 2.47 bits per heavy atom. The molecule has 1 aromatic rings. The van der Waals surface area contributed by atoms with Crippen molar-refractivity contribution in [3.63, 3.8) is 0 Å². The van der Waals surface area contributed by atoms with E-state index in [1.165, 1.54) is 0 Å². The summed E-state index contributed by atoms with van der Waals surface area (Å²) >= 11 is 3.32. The number of hydrogen-bond donors (Lipinski definition) is 0. The molecule has 0 atom stereocenters. The van der Waals surface area contributed by atoms with Crippen LogP contribution in [0.2, 0.25) is 0 Å². The van der Waals surface area contributed by atoms with Crippen LogP contribution >= 0.6 is 15.9 Å². The molecular weight excluding hydrogens is 304 g/mol. The third-order valence-corrected chi connectivity index (χ3v) is 3.61. The molecule has 19 heavy (non-hydrogen) atoms. The Morgan fingerprint density at radius 2 is 2.00 bits per heavy atom. The second-order valence-corrected chi connectivity index (χ2v) is 6.00. The van der Waals surface area contributed by atoms with Gasteiger partial charge in [0.25, 0.3) is 5.91 Å². The van der Waals surface area contributed by atoms with Gasteiger partial charge in [0, 0.05) is 24.3 Å². The first kappa shape index (κ1) is 16.2. The van der Waals surface area contributed by atoms with Crippen molar-refractivity contribution in [1.82, 2.24) is 9.88 Å². The Labute approximate surface area is 124 Å². The average Bonchev–Trinajstić information content (AvgIpc) is 2.37. The summed E-state index contributed by atoms with van der Waals surface area (Å²) in [7, 11) is 0. The van der Waals surface area contributed by atoms with E-state index in [2.05, 4.69) is 48.6 Å². The first-order chi connectivity index (χ1) is 8.99. The van der Waals surface area contributed by atoms with Gasteiger partial charge in [0.05, 0.1) is 0 Å². The summed E-state index contributed by atoms with van der Waals surface area (Å²) < 4.78 is 0.701. The molecule has 3 nitrogen and oxygen atoms in total. The number of carbonyl (C=O) groups is 1. The molecule has 1 amide bonds. The van der Waals surface area contributed by atoms with E-state index >= 15 is 0 Å². The number of rotatable bonds is 6. The second-order valence-electron chi connectivity index (χ2n) is 5.19. The molecule has 1 heterocycles. The van der Waals surface area contributed by atoms with Gasteiger partial charge in [0.1, 0.15) is 4.60 Å². The highest BCUT2D eigenvalue weighted by molar-refractivity contribution is 9.10. The van der Waals surface area contributed by atoms with Gasteiger partial charge in [-0.3, -0.25) is 4.79 Å². The minimum Gasteiger partial charge on any atom is -0.335 e. The summed E-state index contributed by atoms with van der Waals surface area (Å²) in [4.78, 5) is 18.7. The highest BCUT2D eigenvalue weighted by Crippen LogP contribution is 2.17. The molecule has 0 radical (unpaired) electrons. The van der Waals surface area contributed by atoms with E-state index < -0.39 is 0 Å². The maximum atomic E-state index is 12.7. The fourth-order valence-corrected chi connectivity index (χ4v) is 2.59. The van der Waals surface area contributed by atoms with E-state index in [0.29, 0.717) is 22.1 Å². The van der Waals surface area contributed by atoms with E-state index in [9.17, 15) is 4.79 Å². The van der Waals surface area contributed by atoms with Gasteiger partial charge in [-0.05, 0) is 46.8 Å². The summed E-state index contributed by atoms with van der Waals surface area (Å²) in [6, 6.07) is 3.88. The van der Waals surface area contributed by atoms with Crippen molar-refractivity contribution >= 4 is 21.8 Å². The van der Waals surface area contributed by atoms with Crippen LogP contribution in [-0.2, 0) is 0 Å². The Kier molecular flexibility index (Phi) is 6.49. The van der Waals surface area contributed by atoms with E-state index in [1.807, 2.05) is 4.90 Å². The van der Waals surface area contributed by atoms with Crippen molar-refractivity contribution in [3.8, 4) is 0 Å². The molecule has 0 aliphatic carbocycles. The van der Waals surface area contributed by atoms with Gasteiger partial charge in [0.15, 0.2) is 0 Å². The second kappa shape index (κ2) is 7.63. The van der Waals surface area contributed by atoms with Crippen LogP contribution in [0.5, 0.6) is 0 Å². The molecule has 0 spiro atoms. The normalized spacial score (nSPS) is 11.1. The standard InChI is InChI=1S/C15H23BrN2O/c1-5-13(6-2)18(10-11(3)4)15(19)12-7-8-17-14(16)9-12/h7-9,11,13H,5-6,10H2,1-4H3. The quantitative estimate of drug-likeness (QED) is 0.736. The number of pyridine rings is 1. The van der Waals surface area contributed by atoms with Crippen LogP contribution in [0, 0.1) is 5.92 Å². The molecule has 0 unspecified atom stereocenters. The van der Waals surface area contributed by atoms with Crippen LogP contribution in [0.15, 0.2) is 22.9 Å². The molecule has 0 saturated heterocycles. The van der Waals surface area contributed by atoms with Gasteiger partial charge in [0.2, 0.25) is 0 Å².